The summed E-state index contributed by atoms with van der Waals surface area (Å²) in [5, 5.41) is 3.04. The zero-order valence-electron chi connectivity index (χ0n) is 13.5. The standard InChI is InChI=1S/C18H26F3N/c1-3-4-5-6-9-15(2)10-8-13-22-17-12-7-11-16(14-17)18(19,20)21/h7,10-12,14,22H,3-6,8-9,13H2,1-2H3/b15-10+. The molecule has 1 rings (SSSR count). The lowest BCUT2D eigenvalue weighted by atomic mass is 10.1. The number of rotatable bonds is 9. The van der Waals surface area contributed by atoms with Gasteiger partial charge in [0.2, 0.25) is 0 Å². The Labute approximate surface area is 131 Å². The predicted molar refractivity (Wildman–Crippen MR) is 87.1 cm³/mol. The summed E-state index contributed by atoms with van der Waals surface area (Å²) in [6.45, 7) is 4.96. The molecule has 4 heteroatoms. The molecule has 0 atom stereocenters. The van der Waals surface area contributed by atoms with E-state index in [1.807, 2.05) is 0 Å². The molecule has 124 valence electrons. The van der Waals surface area contributed by atoms with E-state index < -0.39 is 11.7 Å². The Bertz CT molecular complexity index is 464. The average molecular weight is 313 g/mol. The number of halogens is 3. The van der Waals surface area contributed by atoms with Crippen molar-refractivity contribution in [3.05, 3.63) is 41.5 Å². The molecule has 0 saturated heterocycles. The van der Waals surface area contributed by atoms with Crippen LogP contribution in [-0.2, 0) is 6.18 Å². The molecule has 22 heavy (non-hydrogen) atoms. The van der Waals surface area contributed by atoms with Gasteiger partial charge in [-0.2, -0.15) is 13.2 Å². The minimum Gasteiger partial charge on any atom is -0.385 e. The second-order valence-corrected chi connectivity index (χ2v) is 5.66. The van der Waals surface area contributed by atoms with E-state index in [1.165, 1.54) is 37.3 Å². The molecule has 1 nitrogen and oxygen atoms in total. The van der Waals surface area contributed by atoms with Crippen molar-refractivity contribution in [3.63, 3.8) is 0 Å². The lowest BCUT2D eigenvalue weighted by Crippen LogP contribution is -2.06. The number of nitrogens with one attached hydrogen (secondary N) is 1. The Balaban J connectivity index is 2.32. The summed E-state index contributed by atoms with van der Waals surface area (Å²) in [4.78, 5) is 0. The van der Waals surface area contributed by atoms with Crippen LogP contribution >= 0.6 is 0 Å². The summed E-state index contributed by atoms with van der Waals surface area (Å²) >= 11 is 0. The van der Waals surface area contributed by atoms with Gasteiger partial charge in [-0.15, -0.1) is 0 Å². The number of hydrogen-bond acceptors (Lipinski definition) is 1. The third kappa shape index (κ3) is 7.53. The fourth-order valence-corrected chi connectivity index (χ4v) is 2.27. The first-order valence-corrected chi connectivity index (χ1v) is 8.00. The van der Waals surface area contributed by atoms with Gasteiger partial charge in [-0.05, 0) is 44.4 Å². The number of unbranched alkanes of at least 4 members (excludes halogenated alkanes) is 3. The van der Waals surface area contributed by atoms with Gasteiger partial charge in [0.15, 0.2) is 0 Å². The van der Waals surface area contributed by atoms with Crippen molar-refractivity contribution in [1.29, 1.82) is 0 Å². The van der Waals surface area contributed by atoms with Crippen molar-refractivity contribution in [3.8, 4) is 0 Å². The molecular formula is C18H26F3N. The van der Waals surface area contributed by atoms with Gasteiger partial charge in [0.1, 0.15) is 0 Å². The van der Waals surface area contributed by atoms with Crippen LogP contribution < -0.4 is 5.32 Å². The molecule has 1 N–H and O–H groups in total. The van der Waals surface area contributed by atoms with Gasteiger partial charge in [0.25, 0.3) is 0 Å². The van der Waals surface area contributed by atoms with Crippen LogP contribution in [0, 0.1) is 0 Å². The minimum absolute atomic E-state index is 0.517. The lowest BCUT2D eigenvalue weighted by Gasteiger charge is -2.10. The van der Waals surface area contributed by atoms with Crippen LogP contribution in [0.5, 0.6) is 0 Å². The summed E-state index contributed by atoms with van der Waals surface area (Å²) in [5.41, 5.74) is 1.27. The first kappa shape index (κ1) is 18.6. The second-order valence-electron chi connectivity index (χ2n) is 5.66. The fraction of sp³-hybridized carbons (Fsp3) is 0.556. The van der Waals surface area contributed by atoms with Gasteiger partial charge >= 0.3 is 6.18 Å². The van der Waals surface area contributed by atoms with Crippen LogP contribution in [0.1, 0.15) is 57.9 Å². The number of anilines is 1. The second kappa shape index (κ2) is 9.54. The molecule has 0 radical (unpaired) electrons. The number of alkyl halides is 3. The first-order valence-electron chi connectivity index (χ1n) is 8.00. The molecule has 0 fully saturated rings. The fourth-order valence-electron chi connectivity index (χ4n) is 2.27. The maximum atomic E-state index is 12.6. The molecule has 1 aromatic carbocycles. The van der Waals surface area contributed by atoms with E-state index >= 15 is 0 Å². The quantitative estimate of drug-likeness (QED) is 0.409. The molecule has 0 aliphatic heterocycles. The van der Waals surface area contributed by atoms with Crippen LogP contribution in [0.3, 0.4) is 0 Å². The van der Waals surface area contributed by atoms with Crippen LogP contribution in [0.4, 0.5) is 18.9 Å². The van der Waals surface area contributed by atoms with E-state index in [0.29, 0.717) is 12.2 Å². The van der Waals surface area contributed by atoms with Crippen molar-refractivity contribution < 1.29 is 13.2 Å². The highest BCUT2D eigenvalue weighted by molar-refractivity contribution is 5.46. The van der Waals surface area contributed by atoms with Gasteiger partial charge in [0.05, 0.1) is 5.56 Å². The molecule has 0 aliphatic carbocycles. The third-order valence-corrected chi connectivity index (χ3v) is 3.58. The Morgan fingerprint density at radius 2 is 1.95 bits per heavy atom. The molecule has 0 saturated carbocycles. The van der Waals surface area contributed by atoms with Gasteiger partial charge in [0, 0.05) is 12.2 Å². The highest BCUT2D eigenvalue weighted by Gasteiger charge is 2.30. The third-order valence-electron chi connectivity index (χ3n) is 3.58. The lowest BCUT2D eigenvalue weighted by molar-refractivity contribution is -0.137. The van der Waals surface area contributed by atoms with Crippen LogP contribution in [0.25, 0.3) is 0 Å². The Morgan fingerprint density at radius 1 is 1.18 bits per heavy atom. The summed E-state index contributed by atoms with van der Waals surface area (Å²) in [6, 6.07) is 5.34. The van der Waals surface area contributed by atoms with Crippen molar-refractivity contribution in [2.45, 2.75) is 58.5 Å². The molecule has 0 amide bonds. The van der Waals surface area contributed by atoms with E-state index in [0.717, 1.165) is 25.0 Å². The zero-order chi connectivity index (χ0) is 16.4. The van der Waals surface area contributed by atoms with Crippen LogP contribution in [-0.4, -0.2) is 6.54 Å². The van der Waals surface area contributed by atoms with Crippen molar-refractivity contribution in [2.75, 3.05) is 11.9 Å². The highest BCUT2D eigenvalue weighted by atomic mass is 19.4. The zero-order valence-corrected chi connectivity index (χ0v) is 13.5. The number of benzene rings is 1. The Hall–Kier alpha value is -1.45. The molecule has 0 aliphatic rings. The SMILES string of the molecule is CCCCCC/C(C)=C/CCNc1cccc(C(F)(F)F)c1. The first-order chi connectivity index (χ1) is 10.4. The number of hydrogen-bond donors (Lipinski definition) is 1. The molecule has 0 unspecified atom stereocenters. The summed E-state index contributed by atoms with van der Waals surface area (Å²) in [5.74, 6) is 0. The highest BCUT2D eigenvalue weighted by Crippen LogP contribution is 2.30. The molecular weight excluding hydrogens is 287 g/mol. The van der Waals surface area contributed by atoms with Crippen molar-refractivity contribution in [1.82, 2.24) is 0 Å². The molecule has 0 bridgehead atoms. The van der Waals surface area contributed by atoms with Crippen LogP contribution in [0.15, 0.2) is 35.9 Å². The van der Waals surface area contributed by atoms with Gasteiger partial charge in [-0.25, -0.2) is 0 Å². The average Bonchev–Trinajstić information content (AvgIpc) is 2.48. The van der Waals surface area contributed by atoms with E-state index in [1.54, 1.807) is 6.07 Å². The smallest absolute Gasteiger partial charge is 0.385 e. The maximum absolute atomic E-state index is 12.6. The Morgan fingerprint density at radius 3 is 2.64 bits per heavy atom. The van der Waals surface area contributed by atoms with Crippen molar-refractivity contribution >= 4 is 5.69 Å². The number of allylic oxidation sites excluding steroid dienone is 1. The molecule has 1 aromatic rings. The molecule has 0 heterocycles. The van der Waals surface area contributed by atoms with E-state index in [4.69, 9.17) is 0 Å². The summed E-state index contributed by atoms with van der Waals surface area (Å²) < 4.78 is 37.8. The topological polar surface area (TPSA) is 12.0 Å². The van der Waals surface area contributed by atoms with Gasteiger partial charge in [-0.1, -0.05) is 43.9 Å². The predicted octanol–water partition coefficient (Wildman–Crippen LogP) is 6.42. The molecule has 0 spiro atoms. The Kier molecular flexibility index (Phi) is 8.07. The van der Waals surface area contributed by atoms with Crippen LogP contribution in [0.2, 0.25) is 0 Å². The maximum Gasteiger partial charge on any atom is 0.416 e. The molecule has 0 aromatic heterocycles. The van der Waals surface area contributed by atoms with E-state index in [2.05, 4.69) is 25.2 Å². The van der Waals surface area contributed by atoms with E-state index in [-0.39, 0.29) is 0 Å². The van der Waals surface area contributed by atoms with Crippen molar-refractivity contribution in [2.24, 2.45) is 0 Å². The monoisotopic (exact) mass is 313 g/mol. The summed E-state index contributed by atoms with van der Waals surface area (Å²) in [6.07, 6.45) is 4.84. The minimum atomic E-state index is -4.29. The van der Waals surface area contributed by atoms with Gasteiger partial charge < -0.3 is 5.32 Å². The van der Waals surface area contributed by atoms with E-state index in [9.17, 15) is 13.2 Å². The summed E-state index contributed by atoms with van der Waals surface area (Å²) in [7, 11) is 0. The largest absolute Gasteiger partial charge is 0.416 e. The normalized spacial score (nSPS) is 12.5. The van der Waals surface area contributed by atoms with Gasteiger partial charge in [-0.3, -0.25) is 0 Å².